The molecule has 1 fully saturated rings. The van der Waals surface area contributed by atoms with Gasteiger partial charge in [-0.3, -0.25) is 0 Å². The first-order chi connectivity index (χ1) is 8.08. The molecule has 2 rings (SSSR count). The summed E-state index contributed by atoms with van der Waals surface area (Å²) in [6.07, 6.45) is 6.99. The topological polar surface area (TPSA) is 0 Å². The number of hydrogen-bond acceptors (Lipinski definition) is 0. The van der Waals surface area contributed by atoms with E-state index in [2.05, 4.69) is 66.8 Å². The Morgan fingerprint density at radius 2 is 1.88 bits per heavy atom. The number of alkyl halides is 1. The van der Waals surface area contributed by atoms with Gasteiger partial charge in [0.25, 0.3) is 0 Å². The summed E-state index contributed by atoms with van der Waals surface area (Å²) in [5.41, 5.74) is 1.52. The molecule has 0 radical (unpaired) electrons. The molecule has 1 aliphatic rings. The van der Waals surface area contributed by atoms with Crippen LogP contribution in [0.2, 0.25) is 0 Å². The molecule has 17 heavy (non-hydrogen) atoms. The molecular formula is C16H23I. The zero-order valence-corrected chi connectivity index (χ0v) is 13.1. The van der Waals surface area contributed by atoms with Gasteiger partial charge >= 0.3 is 0 Å². The summed E-state index contributed by atoms with van der Waals surface area (Å²) in [6.45, 7) is 4.83. The minimum atomic E-state index is 0.545. The molecule has 0 aliphatic heterocycles. The Kier molecular flexibility index (Phi) is 4.51. The van der Waals surface area contributed by atoms with Crippen LogP contribution in [0.25, 0.3) is 0 Å². The molecule has 0 heterocycles. The van der Waals surface area contributed by atoms with Crippen LogP contribution in [0.1, 0.15) is 57.4 Å². The van der Waals surface area contributed by atoms with Gasteiger partial charge < -0.3 is 0 Å². The quantitative estimate of drug-likeness (QED) is 0.375. The second-order valence-corrected chi connectivity index (χ2v) is 8.41. The van der Waals surface area contributed by atoms with E-state index in [-0.39, 0.29) is 0 Å². The fourth-order valence-corrected chi connectivity index (χ4v) is 3.71. The van der Waals surface area contributed by atoms with Crippen molar-refractivity contribution in [3.63, 3.8) is 0 Å². The van der Waals surface area contributed by atoms with Gasteiger partial charge in [0, 0.05) is 3.42 Å². The molecule has 3 unspecified atom stereocenters. The molecule has 0 spiro atoms. The Balaban J connectivity index is 2.03. The monoisotopic (exact) mass is 342 g/mol. The van der Waals surface area contributed by atoms with Gasteiger partial charge in [0.15, 0.2) is 0 Å². The minimum Gasteiger partial charge on any atom is -0.0792 e. The number of hydrogen-bond donors (Lipinski definition) is 0. The van der Waals surface area contributed by atoms with E-state index < -0.39 is 0 Å². The lowest BCUT2D eigenvalue weighted by molar-refractivity contribution is 0.392. The highest BCUT2D eigenvalue weighted by molar-refractivity contribution is 14.1. The summed E-state index contributed by atoms with van der Waals surface area (Å²) in [7, 11) is 0. The summed E-state index contributed by atoms with van der Waals surface area (Å²) < 4.78 is 0.545. The third kappa shape index (κ3) is 3.70. The van der Waals surface area contributed by atoms with Gasteiger partial charge in [-0.1, -0.05) is 73.2 Å². The van der Waals surface area contributed by atoms with Crippen LogP contribution in [-0.4, -0.2) is 3.42 Å². The van der Waals surface area contributed by atoms with Crippen LogP contribution in [0.5, 0.6) is 0 Å². The van der Waals surface area contributed by atoms with Gasteiger partial charge in [-0.15, -0.1) is 0 Å². The van der Waals surface area contributed by atoms with Crippen molar-refractivity contribution in [1.82, 2.24) is 0 Å². The molecule has 0 aromatic heterocycles. The van der Waals surface area contributed by atoms with Crippen LogP contribution < -0.4 is 0 Å². The van der Waals surface area contributed by atoms with E-state index >= 15 is 0 Å². The van der Waals surface area contributed by atoms with Crippen LogP contribution in [0.15, 0.2) is 30.3 Å². The van der Waals surface area contributed by atoms with Crippen molar-refractivity contribution in [3.8, 4) is 0 Å². The molecule has 0 saturated heterocycles. The number of benzene rings is 1. The Morgan fingerprint density at radius 1 is 1.18 bits per heavy atom. The molecule has 0 N–H and O–H groups in total. The highest BCUT2D eigenvalue weighted by Crippen LogP contribution is 2.41. The van der Waals surface area contributed by atoms with Crippen molar-refractivity contribution >= 4 is 22.6 Å². The van der Waals surface area contributed by atoms with Crippen molar-refractivity contribution < 1.29 is 0 Å². The van der Waals surface area contributed by atoms with Gasteiger partial charge in [-0.05, 0) is 43.1 Å². The van der Waals surface area contributed by atoms with E-state index in [0.29, 0.717) is 3.42 Å². The largest absolute Gasteiger partial charge is 0.0792 e. The van der Waals surface area contributed by atoms with Crippen molar-refractivity contribution in [2.75, 3.05) is 0 Å². The van der Waals surface area contributed by atoms with Gasteiger partial charge in [0.2, 0.25) is 0 Å². The summed E-state index contributed by atoms with van der Waals surface area (Å²) >= 11 is 2.66. The summed E-state index contributed by atoms with van der Waals surface area (Å²) in [5, 5.41) is 0. The van der Waals surface area contributed by atoms with E-state index in [0.717, 1.165) is 11.8 Å². The van der Waals surface area contributed by atoms with E-state index in [1.165, 1.54) is 37.7 Å². The predicted octanol–water partition coefficient (Wildman–Crippen LogP) is 5.56. The average molecular weight is 342 g/mol. The van der Waals surface area contributed by atoms with Gasteiger partial charge in [-0.25, -0.2) is 0 Å². The Hall–Kier alpha value is -0.0500. The molecule has 0 bridgehead atoms. The Bertz CT molecular complexity index is 342. The van der Waals surface area contributed by atoms with Gasteiger partial charge in [-0.2, -0.15) is 0 Å². The van der Waals surface area contributed by atoms with Crippen LogP contribution in [0.3, 0.4) is 0 Å². The third-order valence-electron chi connectivity index (χ3n) is 4.34. The van der Waals surface area contributed by atoms with E-state index in [9.17, 15) is 0 Å². The molecule has 1 saturated carbocycles. The Morgan fingerprint density at radius 3 is 2.59 bits per heavy atom. The first kappa shape index (κ1) is 13.4. The number of rotatable bonds is 2. The lowest BCUT2D eigenvalue weighted by atomic mass is 9.82. The normalized spacial score (nSPS) is 31.8. The maximum absolute atomic E-state index is 2.66. The lowest BCUT2D eigenvalue weighted by Crippen LogP contribution is -2.14. The van der Waals surface area contributed by atoms with E-state index in [1.54, 1.807) is 0 Å². The third-order valence-corrected chi connectivity index (χ3v) is 5.42. The minimum absolute atomic E-state index is 0.545. The molecule has 0 nitrogen and oxygen atoms in total. The molecule has 0 amide bonds. The summed E-state index contributed by atoms with van der Waals surface area (Å²) in [5.74, 6) is 1.61. The lowest BCUT2D eigenvalue weighted by Gasteiger charge is -2.24. The molecule has 1 heteroatoms. The second-order valence-electron chi connectivity index (χ2n) is 5.80. The van der Waals surface area contributed by atoms with Crippen LogP contribution in [0.4, 0.5) is 0 Å². The maximum Gasteiger partial charge on any atom is 0.0194 e. The predicted molar refractivity (Wildman–Crippen MR) is 83.9 cm³/mol. The van der Waals surface area contributed by atoms with E-state index in [1.807, 2.05) is 0 Å². The second kappa shape index (κ2) is 5.73. The molecule has 1 aliphatic carbocycles. The molecule has 1 aromatic carbocycles. The smallest absolute Gasteiger partial charge is 0.0194 e. The highest BCUT2D eigenvalue weighted by atomic mass is 127. The maximum atomic E-state index is 2.66. The molecular weight excluding hydrogens is 319 g/mol. The highest BCUT2D eigenvalue weighted by Gasteiger charge is 2.28. The van der Waals surface area contributed by atoms with Crippen LogP contribution >= 0.6 is 22.6 Å². The average Bonchev–Trinajstić information content (AvgIpc) is 2.50. The molecule has 1 aromatic rings. The molecule has 94 valence electrons. The first-order valence-electron chi connectivity index (χ1n) is 6.82. The Labute approximate surface area is 119 Å². The zero-order chi connectivity index (χ0) is 12.3. The summed E-state index contributed by atoms with van der Waals surface area (Å²) in [6, 6.07) is 11.0. The fourth-order valence-electron chi connectivity index (χ4n) is 3.02. The summed E-state index contributed by atoms with van der Waals surface area (Å²) in [4.78, 5) is 0. The van der Waals surface area contributed by atoms with Crippen LogP contribution in [0, 0.1) is 5.92 Å². The first-order valence-corrected chi connectivity index (χ1v) is 7.90. The number of halogens is 1. The van der Waals surface area contributed by atoms with Crippen molar-refractivity contribution in [3.05, 3.63) is 35.9 Å². The van der Waals surface area contributed by atoms with E-state index in [4.69, 9.17) is 0 Å². The molecule has 3 atom stereocenters. The fraction of sp³-hybridized carbons (Fsp3) is 0.625. The SMILES string of the molecule is CC(c1ccccc1)C1CCCC(C)(I)CC1. The van der Waals surface area contributed by atoms with Gasteiger partial charge in [0.05, 0.1) is 0 Å². The van der Waals surface area contributed by atoms with Crippen molar-refractivity contribution in [2.24, 2.45) is 5.92 Å². The van der Waals surface area contributed by atoms with Crippen molar-refractivity contribution in [2.45, 2.75) is 55.3 Å². The van der Waals surface area contributed by atoms with Crippen LogP contribution in [-0.2, 0) is 0 Å². The zero-order valence-electron chi connectivity index (χ0n) is 11.0. The van der Waals surface area contributed by atoms with Crippen molar-refractivity contribution in [1.29, 1.82) is 0 Å². The standard InChI is InChI=1S/C16H23I/c1-13(14-7-4-3-5-8-14)15-9-6-11-16(2,17)12-10-15/h3-5,7-8,13,15H,6,9-12H2,1-2H3. The van der Waals surface area contributed by atoms with Gasteiger partial charge in [0.1, 0.15) is 0 Å².